The zero-order valence-corrected chi connectivity index (χ0v) is 13.0. The number of nitrogens with zero attached hydrogens (tertiary/aromatic N) is 4. The third-order valence-electron chi connectivity index (χ3n) is 3.60. The smallest absolute Gasteiger partial charge is 0.248 e. The lowest BCUT2D eigenvalue weighted by Gasteiger charge is -2.05. The Labute approximate surface area is 142 Å². The minimum Gasteiger partial charge on any atom is -0.454 e. The van der Waals surface area contributed by atoms with Crippen molar-refractivity contribution in [1.82, 2.24) is 20.2 Å². The first-order valence-electron chi connectivity index (χ1n) is 7.51. The number of fused-ring (bicyclic) bond motifs is 1. The monoisotopic (exact) mass is 338 g/mol. The van der Waals surface area contributed by atoms with Gasteiger partial charge in [-0.3, -0.25) is 4.79 Å². The van der Waals surface area contributed by atoms with Gasteiger partial charge in [-0.25, -0.2) is 0 Å². The number of tetrazole rings is 1. The molecule has 0 atom stereocenters. The maximum absolute atomic E-state index is 12.2. The van der Waals surface area contributed by atoms with E-state index in [1.165, 1.54) is 4.80 Å². The second-order valence-electron chi connectivity index (χ2n) is 5.35. The summed E-state index contributed by atoms with van der Waals surface area (Å²) in [6.07, 6.45) is 0. The van der Waals surface area contributed by atoms with Gasteiger partial charge in [0.15, 0.2) is 11.5 Å². The standard InChI is InChI=1S/C16H14N6O3/c17-12-4-2-1-3-11(12)16-19-21-22(20-16)8-15(23)18-10-5-6-13-14(7-10)25-9-24-13/h1-7H,8-9,17H2,(H,18,23). The third-order valence-corrected chi connectivity index (χ3v) is 3.60. The number of anilines is 2. The number of hydrogen-bond acceptors (Lipinski definition) is 7. The van der Waals surface area contributed by atoms with E-state index in [2.05, 4.69) is 20.7 Å². The predicted octanol–water partition coefficient (Wildman–Crippen LogP) is 1.29. The zero-order chi connectivity index (χ0) is 17.2. The number of hydrogen-bond donors (Lipinski definition) is 2. The second-order valence-corrected chi connectivity index (χ2v) is 5.35. The molecule has 0 saturated carbocycles. The summed E-state index contributed by atoms with van der Waals surface area (Å²) in [6.45, 7) is 0.106. The zero-order valence-electron chi connectivity index (χ0n) is 13.0. The van der Waals surface area contributed by atoms with E-state index < -0.39 is 0 Å². The Morgan fingerprint density at radius 3 is 2.92 bits per heavy atom. The summed E-state index contributed by atoms with van der Waals surface area (Å²) in [5, 5.41) is 14.8. The molecule has 9 nitrogen and oxygen atoms in total. The molecule has 0 unspecified atom stereocenters. The van der Waals surface area contributed by atoms with E-state index in [9.17, 15) is 4.79 Å². The van der Waals surface area contributed by atoms with Gasteiger partial charge in [0.25, 0.3) is 0 Å². The summed E-state index contributed by atoms with van der Waals surface area (Å²) in [6, 6.07) is 12.4. The van der Waals surface area contributed by atoms with Crippen LogP contribution in [0.5, 0.6) is 11.5 Å². The van der Waals surface area contributed by atoms with Crippen molar-refractivity contribution in [2.24, 2.45) is 0 Å². The van der Waals surface area contributed by atoms with Crippen molar-refractivity contribution >= 4 is 17.3 Å². The molecule has 126 valence electrons. The molecule has 0 spiro atoms. The number of rotatable bonds is 4. The van der Waals surface area contributed by atoms with Crippen molar-refractivity contribution in [1.29, 1.82) is 0 Å². The summed E-state index contributed by atoms with van der Waals surface area (Å²) in [4.78, 5) is 13.4. The van der Waals surface area contributed by atoms with Crippen molar-refractivity contribution in [3.8, 4) is 22.9 Å². The van der Waals surface area contributed by atoms with Gasteiger partial charge in [-0.1, -0.05) is 12.1 Å². The van der Waals surface area contributed by atoms with Crippen molar-refractivity contribution in [2.45, 2.75) is 6.54 Å². The first-order valence-corrected chi connectivity index (χ1v) is 7.51. The predicted molar refractivity (Wildman–Crippen MR) is 88.9 cm³/mol. The molecule has 25 heavy (non-hydrogen) atoms. The van der Waals surface area contributed by atoms with Crippen LogP contribution in [0.15, 0.2) is 42.5 Å². The van der Waals surface area contributed by atoms with E-state index >= 15 is 0 Å². The number of amides is 1. The summed E-state index contributed by atoms with van der Waals surface area (Å²) >= 11 is 0. The van der Waals surface area contributed by atoms with Crippen LogP contribution in [0.2, 0.25) is 0 Å². The molecule has 3 aromatic rings. The average Bonchev–Trinajstić information content (AvgIpc) is 3.24. The molecule has 0 radical (unpaired) electrons. The largest absolute Gasteiger partial charge is 0.454 e. The number of aromatic nitrogens is 4. The van der Waals surface area contributed by atoms with Crippen LogP contribution < -0.4 is 20.5 Å². The average molecular weight is 338 g/mol. The van der Waals surface area contributed by atoms with Gasteiger partial charge in [0.2, 0.25) is 18.5 Å². The van der Waals surface area contributed by atoms with E-state index in [-0.39, 0.29) is 19.2 Å². The molecule has 2 heterocycles. The summed E-state index contributed by atoms with van der Waals surface area (Å²) in [5.41, 5.74) is 7.71. The first kappa shape index (κ1) is 14.9. The van der Waals surface area contributed by atoms with E-state index in [4.69, 9.17) is 15.2 Å². The maximum Gasteiger partial charge on any atom is 0.248 e. The van der Waals surface area contributed by atoms with Crippen LogP contribution in [0.3, 0.4) is 0 Å². The summed E-state index contributed by atoms with van der Waals surface area (Å²) < 4.78 is 10.5. The minimum atomic E-state index is -0.288. The van der Waals surface area contributed by atoms with Gasteiger partial charge < -0.3 is 20.5 Å². The fourth-order valence-electron chi connectivity index (χ4n) is 2.42. The lowest BCUT2D eigenvalue weighted by molar-refractivity contribution is -0.117. The first-order chi connectivity index (χ1) is 12.2. The summed E-state index contributed by atoms with van der Waals surface area (Å²) in [7, 11) is 0. The Hall–Kier alpha value is -3.62. The fraction of sp³-hybridized carbons (Fsp3) is 0.125. The minimum absolute atomic E-state index is 0.0752. The van der Waals surface area contributed by atoms with Gasteiger partial charge in [0.05, 0.1) is 0 Å². The highest BCUT2D eigenvalue weighted by atomic mass is 16.7. The van der Waals surface area contributed by atoms with Gasteiger partial charge in [-0.2, -0.15) is 4.80 Å². The van der Waals surface area contributed by atoms with Gasteiger partial charge in [0, 0.05) is 23.0 Å². The molecule has 1 aromatic heterocycles. The molecule has 0 fully saturated rings. The number of carbonyl (C=O) groups is 1. The quantitative estimate of drug-likeness (QED) is 0.688. The topological polar surface area (TPSA) is 117 Å². The number of carbonyl (C=O) groups excluding carboxylic acids is 1. The Bertz CT molecular complexity index is 939. The Morgan fingerprint density at radius 2 is 2.04 bits per heavy atom. The molecule has 0 bridgehead atoms. The molecule has 0 saturated heterocycles. The highest BCUT2D eigenvalue weighted by Crippen LogP contribution is 2.34. The van der Waals surface area contributed by atoms with Crippen molar-refractivity contribution in [3.05, 3.63) is 42.5 Å². The number of nitrogens with two attached hydrogens (primary N) is 1. The van der Waals surface area contributed by atoms with E-state index in [0.29, 0.717) is 34.3 Å². The summed E-state index contributed by atoms with van der Waals surface area (Å²) in [5.74, 6) is 1.33. The van der Waals surface area contributed by atoms with E-state index in [1.807, 2.05) is 12.1 Å². The number of ether oxygens (including phenoxy) is 2. The van der Waals surface area contributed by atoms with Gasteiger partial charge in [-0.05, 0) is 29.5 Å². The molecule has 0 aliphatic carbocycles. The number of nitrogens with one attached hydrogen (secondary N) is 1. The SMILES string of the molecule is Nc1ccccc1-c1nnn(CC(=O)Nc2ccc3c(c2)OCO3)n1. The third kappa shape index (κ3) is 3.07. The normalized spacial score (nSPS) is 12.2. The molecule has 1 aliphatic heterocycles. The second kappa shape index (κ2) is 6.11. The van der Waals surface area contributed by atoms with Crippen LogP contribution in [0.4, 0.5) is 11.4 Å². The van der Waals surface area contributed by atoms with Crippen LogP contribution in [-0.2, 0) is 11.3 Å². The molecule has 2 aromatic carbocycles. The molecule has 9 heteroatoms. The highest BCUT2D eigenvalue weighted by Gasteiger charge is 2.15. The van der Waals surface area contributed by atoms with Crippen LogP contribution in [0, 0.1) is 0 Å². The number of para-hydroxylation sites is 1. The van der Waals surface area contributed by atoms with Crippen LogP contribution in [0.25, 0.3) is 11.4 Å². The van der Waals surface area contributed by atoms with Gasteiger partial charge >= 0.3 is 0 Å². The molecule has 3 N–H and O–H groups in total. The van der Waals surface area contributed by atoms with Crippen molar-refractivity contribution in [2.75, 3.05) is 17.8 Å². The van der Waals surface area contributed by atoms with E-state index in [1.54, 1.807) is 30.3 Å². The van der Waals surface area contributed by atoms with Gasteiger partial charge in [0.1, 0.15) is 6.54 Å². The lowest BCUT2D eigenvalue weighted by Crippen LogP contribution is -2.20. The van der Waals surface area contributed by atoms with Gasteiger partial charge in [-0.15, -0.1) is 10.2 Å². The Balaban J connectivity index is 1.44. The molecular formula is C16H14N6O3. The molecule has 1 aliphatic rings. The van der Waals surface area contributed by atoms with Crippen LogP contribution in [-0.4, -0.2) is 32.9 Å². The highest BCUT2D eigenvalue weighted by molar-refractivity contribution is 5.90. The van der Waals surface area contributed by atoms with Crippen molar-refractivity contribution < 1.29 is 14.3 Å². The van der Waals surface area contributed by atoms with Crippen LogP contribution >= 0.6 is 0 Å². The number of nitrogen functional groups attached to an aromatic ring is 1. The number of benzene rings is 2. The van der Waals surface area contributed by atoms with Crippen molar-refractivity contribution in [3.63, 3.8) is 0 Å². The molecule has 4 rings (SSSR count). The Kier molecular flexibility index (Phi) is 3.65. The Morgan fingerprint density at radius 1 is 1.20 bits per heavy atom. The fourth-order valence-corrected chi connectivity index (χ4v) is 2.42. The molecule has 1 amide bonds. The maximum atomic E-state index is 12.2. The molecular weight excluding hydrogens is 324 g/mol. The van der Waals surface area contributed by atoms with E-state index in [0.717, 1.165) is 0 Å². The lowest BCUT2D eigenvalue weighted by atomic mass is 10.2. The van der Waals surface area contributed by atoms with Crippen LogP contribution in [0.1, 0.15) is 0 Å².